The van der Waals surface area contributed by atoms with Gasteiger partial charge in [0.05, 0.1) is 16.9 Å². The number of hydrogen-bond acceptors (Lipinski definition) is 5. The molecule has 1 amide bonds. The van der Waals surface area contributed by atoms with E-state index in [2.05, 4.69) is 20.3 Å². The van der Waals surface area contributed by atoms with E-state index in [-0.39, 0.29) is 5.91 Å². The van der Waals surface area contributed by atoms with E-state index < -0.39 is 0 Å². The number of thiazole rings is 1. The van der Waals surface area contributed by atoms with Crippen molar-refractivity contribution in [2.45, 2.75) is 13.3 Å². The van der Waals surface area contributed by atoms with Gasteiger partial charge in [0, 0.05) is 24.9 Å². The van der Waals surface area contributed by atoms with Crippen LogP contribution in [-0.2, 0) is 6.42 Å². The van der Waals surface area contributed by atoms with E-state index in [1.54, 1.807) is 23.9 Å². The lowest BCUT2D eigenvalue weighted by atomic mass is 10.3. The SMILES string of the molecule is Cc1nc(-c2cccs2)sc1C(=O)NCCc1cnc[nH]1. The maximum Gasteiger partial charge on any atom is 0.263 e. The van der Waals surface area contributed by atoms with Crippen molar-refractivity contribution in [1.82, 2.24) is 20.3 Å². The van der Waals surface area contributed by atoms with E-state index in [9.17, 15) is 4.79 Å². The van der Waals surface area contributed by atoms with Gasteiger partial charge in [-0.3, -0.25) is 4.79 Å². The van der Waals surface area contributed by atoms with E-state index in [0.29, 0.717) is 11.4 Å². The second kappa shape index (κ2) is 6.19. The molecule has 3 aromatic rings. The lowest BCUT2D eigenvalue weighted by molar-refractivity contribution is 0.0957. The van der Waals surface area contributed by atoms with Crippen LogP contribution in [0.3, 0.4) is 0 Å². The number of nitrogens with zero attached hydrogens (tertiary/aromatic N) is 2. The maximum atomic E-state index is 12.2. The van der Waals surface area contributed by atoms with Crippen LogP contribution < -0.4 is 5.32 Å². The summed E-state index contributed by atoms with van der Waals surface area (Å²) in [4.78, 5) is 25.4. The van der Waals surface area contributed by atoms with Gasteiger partial charge in [0.1, 0.15) is 9.88 Å². The van der Waals surface area contributed by atoms with Crippen molar-refractivity contribution in [3.63, 3.8) is 0 Å². The van der Waals surface area contributed by atoms with Crippen LogP contribution in [0.15, 0.2) is 30.0 Å². The van der Waals surface area contributed by atoms with Gasteiger partial charge in [-0.25, -0.2) is 9.97 Å². The molecule has 7 heteroatoms. The monoisotopic (exact) mass is 318 g/mol. The van der Waals surface area contributed by atoms with Crippen molar-refractivity contribution in [2.75, 3.05) is 6.54 Å². The molecule has 2 N–H and O–H groups in total. The number of carbonyl (C=O) groups is 1. The van der Waals surface area contributed by atoms with E-state index in [1.807, 2.05) is 24.4 Å². The van der Waals surface area contributed by atoms with E-state index in [0.717, 1.165) is 27.7 Å². The molecule has 0 aromatic carbocycles. The minimum Gasteiger partial charge on any atom is -0.351 e. The molecule has 0 atom stereocenters. The van der Waals surface area contributed by atoms with Gasteiger partial charge < -0.3 is 10.3 Å². The Morgan fingerprint density at radius 3 is 3.10 bits per heavy atom. The number of H-pyrrole nitrogens is 1. The first kappa shape index (κ1) is 14.0. The van der Waals surface area contributed by atoms with Crippen molar-refractivity contribution in [3.05, 3.63) is 46.3 Å². The molecular formula is C14H14N4OS2. The average Bonchev–Trinajstić information content (AvgIpc) is 3.19. The fourth-order valence-electron chi connectivity index (χ4n) is 1.93. The number of hydrogen-bond donors (Lipinski definition) is 2. The summed E-state index contributed by atoms with van der Waals surface area (Å²) < 4.78 is 0. The minimum absolute atomic E-state index is 0.0627. The Balaban J connectivity index is 1.64. The normalized spacial score (nSPS) is 10.7. The predicted molar refractivity (Wildman–Crippen MR) is 84.8 cm³/mol. The van der Waals surface area contributed by atoms with Crippen molar-refractivity contribution < 1.29 is 4.79 Å². The second-order valence-corrected chi connectivity index (χ2v) is 6.44. The summed E-state index contributed by atoms with van der Waals surface area (Å²) in [6.07, 6.45) is 4.14. The molecule has 0 unspecified atom stereocenters. The fraction of sp³-hybridized carbons (Fsp3) is 0.214. The summed E-state index contributed by atoms with van der Waals surface area (Å²) in [5.41, 5.74) is 1.79. The molecule has 108 valence electrons. The molecule has 0 aliphatic rings. The molecule has 3 aromatic heterocycles. The first-order valence-electron chi connectivity index (χ1n) is 6.51. The zero-order chi connectivity index (χ0) is 14.7. The van der Waals surface area contributed by atoms with Crippen molar-refractivity contribution in [1.29, 1.82) is 0 Å². The summed E-state index contributed by atoms with van der Waals surface area (Å²) in [6.45, 7) is 2.45. The van der Waals surface area contributed by atoms with Crippen LogP contribution in [0.5, 0.6) is 0 Å². The van der Waals surface area contributed by atoms with Crippen LogP contribution in [0.2, 0.25) is 0 Å². The number of imidazole rings is 1. The van der Waals surface area contributed by atoms with Gasteiger partial charge in [0.2, 0.25) is 0 Å². The van der Waals surface area contributed by atoms with Crippen molar-refractivity contribution in [2.24, 2.45) is 0 Å². The number of aromatic amines is 1. The van der Waals surface area contributed by atoms with Crippen LogP contribution in [0.1, 0.15) is 21.1 Å². The summed E-state index contributed by atoms with van der Waals surface area (Å²) in [6, 6.07) is 4.00. The third-order valence-corrected chi connectivity index (χ3v) is 5.16. The van der Waals surface area contributed by atoms with Crippen LogP contribution in [-0.4, -0.2) is 27.4 Å². The standard InChI is InChI=1S/C14H14N4OS2/c1-9-12(21-14(18-9)11-3-2-6-20-11)13(19)16-5-4-10-7-15-8-17-10/h2-3,6-8H,4-5H2,1H3,(H,15,17)(H,16,19). The Morgan fingerprint density at radius 2 is 2.38 bits per heavy atom. The predicted octanol–water partition coefficient (Wildman–Crippen LogP) is 2.88. The van der Waals surface area contributed by atoms with E-state index >= 15 is 0 Å². The minimum atomic E-state index is -0.0627. The molecule has 0 saturated heterocycles. The Hall–Kier alpha value is -1.99. The number of rotatable bonds is 5. The summed E-state index contributed by atoms with van der Waals surface area (Å²) in [7, 11) is 0. The van der Waals surface area contributed by atoms with Gasteiger partial charge in [0.25, 0.3) is 5.91 Å². The van der Waals surface area contributed by atoms with Gasteiger partial charge in [-0.1, -0.05) is 6.07 Å². The van der Waals surface area contributed by atoms with Crippen LogP contribution in [0.4, 0.5) is 0 Å². The Labute approximate surface area is 130 Å². The highest BCUT2D eigenvalue weighted by molar-refractivity contribution is 7.22. The molecule has 3 rings (SSSR count). The largest absolute Gasteiger partial charge is 0.351 e. The second-order valence-electron chi connectivity index (χ2n) is 4.49. The van der Waals surface area contributed by atoms with Gasteiger partial charge in [0.15, 0.2) is 0 Å². The number of aromatic nitrogens is 3. The van der Waals surface area contributed by atoms with Gasteiger partial charge in [-0.15, -0.1) is 22.7 Å². The fourth-order valence-corrected chi connectivity index (χ4v) is 3.70. The highest BCUT2D eigenvalue weighted by atomic mass is 32.1. The third kappa shape index (κ3) is 3.20. The van der Waals surface area contributed by atoms with Crippen molar-refractivity contribution >= 4 is 28.6 Å². The zero-order valence-corrected chi connectivity index (χ0v) is 13.1. The van der Waals surface area contributed by atoms with Gasteiger partial charge >= 0.3 is 0 Å². The summed E-state index contributed by atoms with van der Waals surface area (Å²) in [5.74, 6) is -0.0627. The molecule has 5 nitrogen and oxygen atoms in total. The topological polar surface area (TPSA) is 70.7 Å². The number of amides is 1. The van der Waals surface area contributed by atoms with E-state index in [4.69, 9.17) is 0 Å². The molecule has 0 spiro atoms. The summed E-state index contributed by atoms with van der Waals surface area (Å²) >= 11 is 3.07. The number of carbonyl (C=O) groups excluding carboxylic acids is 1. The molecular weight excluding hydrogens is 304 g/mol. The van der Waals surface area contributed by atoms with E-state index in [1.165, 1.54) is 11.3 Å². The third-order valence-electron chi connectivity index (χ3n) is 2.97. The van der Waals surface area contributed by atoms with Crippen molar-refractivity contribution in [3.8, 4) is 9.88 Å². The van der Waals surface area contributed by atoms with Crippen LogP contribution in [0.25, 0.3) is 9.88 Å². The highest BCUT2D eigenvalue weighted by Crippen LogP contribution is 2.30. The molecule has 0 saturated carbocycles. The number of nitrogens with one attached hydrogen (secondary N) is 2. The average molecular weight is 318 g/mol. The Bertz CT molecular complexity index is 716. The molecule has 21 heavy (non-hydrogen) atoms. The number of thiophene rings is 1. The van der Waals surface area contributed by atoms with Gasteiger partial charge in [-0.2, -0.15) is 0 Å². The Kier molecular flexibility index (Phi) is 4.12. The molecule has 3 heterocycles. The molecule has 0 bridgehead atoms. The number of aryl methyl sites for hydroxylation is 1. The molecule has 0 aliphatic carbocycles. The lowest BCUT2D eigenvalue weighted by Crippen LogP contribution is -2.25. The zero-order valence-electron chi connectivity index (χ0n) is 11.4. The van der Waals surface area contributed by atoms with Crippen LogP contribution >= 0.6 is 22.7 Å². The molecule has 0 radical (unpaired) electrons. The first-order chi connectivity index (χ1) is 10.2. The molecule has 0 aliphatic heterocycles. The smallest absolute Gasteiger partial charge is 0.263 e. The van der Waals surface area contributed by atoms with Crippen LogP contribution in [0, 0.1) is 6.92 Å². The maximum absolute atomic E-state index is 12.2. The first-order valence-corrected chi connectivity index (χ1v) is 8.20. The van der Waals surface area contributed by atoms with Gasteiger partial charge in [-0.05, 0) is 18.4 Å². The Morgan fingerprint density at radius 1 is 1.48 bits per heavy atom. The molecule has 0 fully saturated rings. The highest BCUT2D eigenvalue weighted by Gasteiger charge is 2.16. The lowest BCUT2D eigenvalue weighted by Gasteiger charge is -2.02. The quantitative estimate of drug-likeness (QED) is 0.760. The summed E-state index contributed by atoms with van der Waals surface area (Å²) in [5, 5.41) is 5.84.